The van der Waals surface area contributed by atoms with Crippen LogP contribution in [0.1, 0.15) is 51.2 Å². The van der Waals surface area contributed by atoms with Crippen LogP contribution < -0.4 is 0 Å². The number of benzene rings is 2. The third-order valence-corrected chi connectivity index (χ3v) is 7.18. The predicted molar refractivity (Wildman–Crippen MR) is 131 cm³/mol. The molecule has 1 amide bonds. The van der Waals surface area contributed by atoms with E-state index in [4.69, 9.17) is 11.6 Å². The minimum atomic E-state index is -4.86. The maximum Gasteiger partial charge on any atom is 0.417 e. The highest BCUT2D eigenvalue weighted by molar-refractivity contribution is 6.34. The molecule has 0 spiro atoms. The number of aliphatic hydroxyl groups excluding tert-OH is 1. The van der Waals surface area contributed by atoms with Crippen molar-refractivity contribution < 1.29 is 37.8 Å². The van der Waals surface area contributed by atoms with Gasteiger partial charge >= 0.3 is 12.1 Å². The van der Waals surface area contributed by atoms with Crippen LogP contribution in [0.15, 0.2) is 42.5 Å². The molecule has 12 heteroatoms. The number of rotatable bonds is 4. The quantitative estimate of drug-likeness (QED) is 0.498. The van der Waals surface area contributed by atoms with Gasteiger partial charge < -0.3 is 15.1 Å². The van der Waals surface area contributed by atoms with E-state index in [0.717, 1.165) is 16.8 Å². The smallest absolute Gasteiger partial charge is 0.417 e. The lowest BCUT2D eigenvalue weighted by atomic mass is 9.87. The van der Waals surface area contributed by atoms with E-state index >= 15 is 0 Å². The summed E-state index contributed by atoms with van der Waals surface area (Å²) in [5.74, 6) is -3.03. The fraction of sp³-hybridized carbons (Fsp3) is 0.308. The zero-order valence-electron chi connectivity index (χ0n) is 19.7. The van der Waals surface area contributed by atoms with Gasteiger partial charge in [-0.25, -0.2) is 0 Å². The number of carboxylic acids is 1. The fourth-order valence-corrected chi connectivity index (χ4v) is 5.06. The van der Waals surface area contributed by atoms with Gasteiger partial charge in [-0.05, 0) is 55.2 Å². The molecule has 1 atom stereocenters. The number of β-amino-alcohol motifs (C(OH)–C–C–N with tert-alkyl or cyclic N) is 1. The van der Waals surface area contributed by atoms with E-state index in [9.17, 15) is 37.8 Å². The van der Waals surface area contributed by atoms with Crippen LogP contribution in [0.25, 0.3) is 16.5 Å². The number of alkyl halides is 3. The Morgan fingerprint density at radius 3 is 2.42 bits per heavy atom. The second-order valence-electron chi connectivity index (χ2n) is 9.36. The lowest BCUT2D eigenvalue weighted by molar-refractivity contribution is -0.142. The average molecular weight is 548 g/mol. The zero-order chi connectivity index (χ0) is 27.4. The molecule has 0 saturated carbocycles. The summed E-state index contributed by atoms with van der Waals surface area (Å²) in [5.41, 5.74) is -0.753. The summed E-state index contributed by atoms with van der Waals surface area (Å²) in [6.45, 7) is 0.291. The van der Waals surface area contributed by atoms with Gasteiger partial charge in [0.05, 0.1) is 39.4 Å². The Morgan fingerprint density at radius 1 is 1.08 bits per heavy atom. The molecule has 2 aliphatic rings. The molecule has 0 radical (unpaired) electrons. The van der Waals surface area contributed by atoms with E-state index in [0.29, 0.717) is 29.5 Å². The first-order valence-corrected chi connectivity index (χ1v) is 12.2. The molecule has 1 unspecified atom stereocenters. The summed E-state index contributed by atoms with van der Waals surface area (Å²) in [4.78, 5) is 39.2. The normalized spacial score (nSPS) is 18.3. The van der Waals surface area contributed by atoms with Gasteiger partial charge in [0.2, 0.25) is 0 Å². The number of halogens is 4. The third-order valence-electron chi connectivity index (χ3n) is 6.87. The van der Waals surface area contributed by atoms with E-state index in [1.54, 1.807) is 12.1 Å². The molecule has 1 aliphatic carbocycles. The maximum absolute atomic E-state index is 13.8. The zero-order valence-corrected chi connectivity index (χ0v) is 20.5. The summed E-state index contributed by atoms with van der Waals surface area (Å²) in [6.07, 6.45) is -2.88. The molecule has 198 valence electrons. The van der Waals surface area contributed by atoms with E-state index in [-0.39, 0.29) is 30.6 Å². The minimum absolute atomic E-state index is 0.103. The van der Waals surface area contributed by atoms with E-state index in [1.807, 2.05) is 0 Å². The number of aliphatic carboxylic acids is 1. The number of aromatic nitrogens is 2. The van der Waals surface area contributed by atoms with E-state index in [2.05, 4.69) is 5.10 Å². The number of allylic oxidation sites excluding steroid dienone is 2. The Kier molecular flexibility index (Phi) is 6.52. The first kappa shape index (κ1) is 25.9. The highest BCUT2D eigenvalue weighted by atomic mass is 35.5. The molecule has 38 heavy (non-hydrogen) atoms. The Bertz CT molecular complexity index is 1510. The number of fused-ring (bicyclic) bond motifs is 1. The Labute approximate surface area is 218 Å². The Morgan fingerprint density at radius 2 is 1.82 bits per heavy atom. The lowest BCUT2D eigenvalue weighted by Gasteiger charge is -2.35. The maximum atomic E-state index is 13.8. The summed E-state index contributed by atoms with van der Waals surface area (Å²) in [7, 11) is 0. The van der Waals surface area contributed by atoms with Gasteiger partial charge in [0, 0.05) is 24.0 Å². The van der Waals surface area contributed by atoms with Crippen molar-refractivity contribution in [2.24, 2.45) is 5.92 Å². The highest BCUT2D eigenvalue weighted by Crippen LogP contribution is 2.38. The van der Waals surface area contributed by atoms with Gasteiger partial charge in [-0.1, -0.05) is 23.7 Å². The Hall–Kier alpha value is -3.70. The van der Waals surface area contributed by atoms with Crippen molar-refractivity contribution in [3.63, 3.8) is 0 Å². The largest absolute Gasteiger partial charge is 0.481 e. The number of carbonyl (C=O) groups excluding carboxylic acids is 2. The van der Waals surface area contributed by atoms with Crippen LogP contribution in [0.4, 0.5) is 13.2 Å². The molecule has 1 aromatic heterocycles. The summed E-state index contributed by atoms with van der Waals surface area (Å²) < 4.78 is 42.2. The van der Waals surface area contributed by atoms with Crippen molar-refractivity contribution in [3.05, 3.63) is 69.9 Å². The second kappa shape index (κ2) is 9.55. The van der Waals surface area contributed by atoms with Crippen LogP contribution in [0.5, 0.6) is 0 Å². The monoisotopic (exact) mass is 547 g/mol. The lowest BCUT2D eigenvalue weighted by Crippen LogP contribution is -2.53. The number of hydrogen-bond donors (Lipinski definition) is 2. The number of likely N-dealkylation sites (tertiary alicyclic amines) is 1. The highest BCUT2D eigenvalue weighted by Gasteiger charge is 2.38. The first-order chi connectivity index (χ1) is 18.0. The molecule has 2 N–H and O–H groups in total. The van der Waals surface area contributed by atoms with Crippen molar-refractivity contribution in [2.45, 2.75) is 31.5 Å². The molecular formula is C26H21ClF3N3O5. The van der Waals surface area contributed by atoms with Gasteiger partial charge in [-0.3, -0.25) is 14.4 Å². The van der Waals surface area contributed by atoms with Crippen LogP contribution in [0.3, 0.4) is 0 Å². The number of amides is 1. The van der Waals surface area contributed by atoms with Gasteiger partial charge in [-0.2, -0.15) is 23.0 Å². The van der Waals surface area contributed by atoms with Crippen LogP contribution in [-0.2, 0) is 11.0 Å². The molecule has 1 aliphatic heterocycles. The SMILES string of the molecule is O=C(O)C1CC=C(c2nn(C(=O)c3c(Cl)cccc3C(F)(F)F)c3cc(C(=O)N4CC(O)C4)ccc23)CC1. The standard InChI is InChI=1S/C26H21ClF3N3O5/c27-19-3-1-2-18(26(28,29)30)21(19)24(36)33-20-10-15(23(35)32-11-16(34)12-32)8-9-17(20)22(31-33)13-4-6-14(7-5-13)25(37)38/h1-4,8-10,14,16,34H,5-7,11-12H2,(H,37,38). The van der Waals surface area contributed by atoms with Crippen LogP contribution in [-0.4, -0.2) is 61.9 Å². The molecule has 5 rings (SSSR count). The van der Waals surface area contributed by atoms with Gasteiger partial charge in [0.15, 0.2) is 0 Å². The molecule has 8 nitrogen and oxygen atoms in total. The van der Waals surface area contributed by atoms with Crippen molar-refractivity contribution in [1.82, 2.24) is 14.7 Å². The molecule has 1 saturated heterocycles. The van der Waals surface area contributed by atoms with Crippen molar-refractivity contribution >= 4 is 45.9 Å². The van der Waals surface area contributed by atoms with Crippen molar-refractivity contribution in [2.75, 3.05) is 13.1 Å². The molecule has 2 heterocycles. The van der Waals surface area contributed by atoms with Gasteiger partial charge in [0.1, 0.15) is 0 Å². The van der Waals surface area contributed by atoms with Crippen LogP contribution in [0, 0.1) is 5.92 Å². The van der Waals surface area contributed by atoms with Crippen LogP contribution >= 0.6 is 11.6 Å². The first-order valence-electron chi connectivity index (χ1n) is 11.8. The molecule has 2 aromatic carbocycles. The second-order valence-corrected chi connectivity index (χ2v) is 9.77. The Balaban J connectivity index is 1.66. The number of carbonyl (C=O) groups is 3. The van der Waals surface area contributed by atoms with E-state index in [1.165, 1.54) is 23.1 Å². The molecular weight excluding hydrogens is 527 g/mol. The molecule has 3 aromatic rings. The predicted octanol–water partition coefficient (Wildman–Crippen LogP) is 4.48. The number of hydrogen-bond acceptors (Lipinski definition) is 5. The summed E-state index contributed by atoms with van der Waals surface area (Å²) >= 11 is 6.08. The van der Waals surface area contributed by atoms with E-state index < -0.39 is 52.1 Å². The summed E-state index contributed by atoms with van der Waals surface area (Å²) in [6, 6.07) is 7.49. The van der Waals surface area contributed by atoms with Crippen molar-refractivity contribution in [1.29, 1.82) is 0 Å². The molecule has 0 bridgehead atoms. The van der Waals surface area contributed by atoms with Crippen LogP contribution in [0.2, 0.25) is 5.02 Å². The number of nitrogens with zero attached hydrogens (tertiary/aromatic N) is 3. The number of aliphatic hydroxyl groups is 1. The molecule has 1 fully saturated rings. The minimum Gasteiger partial charge on any atom is -0.481 e. The van der Waals surface area contributed by atoms with Crippen molar-refractivity contribution in [3.8, 4) is 0 Å². The van der Waals surface area contributed by atoms with Gasteiger partial charge in [0.25, 0.3) is 11.8 Å². The average Bonchev–Trinajstić information content (AvgIpc) is 3.24. The third kappa shape index (κ3) is 4.56. The summed E-state index contributed by atoms with van der Waals surface area (Å²) in [5, 5.41) is 23.2. The fourth-order valence-electron chi connectivity index (χ4n) is 4.80. The topological polar surface area (TPSA) is 113 Å². The van der Waals surface area contributed by atoms with Gasteiger partial charge in [-0.15, -0.1) is 0 Å². The number of carboxylic acid groups (broad SMARTS) is 1.